The third kappa shape index (κ3) is 7.68. The molecule has 0 bridgehead atoms. The number of carbonyl (C=O) groups is 2. The summed E-state index contributed by atoms with van der Waals surface area (Å²) < 4.78 is 4.89. The molecule has 0 aromatic heterocycles. The fourth-order valence-corrected chi connectivity index (χ4v) is 1.81. The van der Waals surface area contributed by atoms with Crippen LogP contribution in [0.1, 0.15) is 29.6 Å². The van der Waals surface area contributed by atoms with E-state index in [-0.39, 0.29) is 11.8 Å². The average Bonchev–Trinajstić information content (AvgIpc) is 2.48. The zero-order chi connectivity index (χ0) is 15.5. The first-order valence-electron chi connectivity index (χ1n) is 6.93. The number of ether oxygens (including phenoxy) is 1. The smallest absolute Gasteiger partial charge is 0.251 e. The van der Waals surface area contributed by atoms with Gasteiger partial charge in [0.05, 0.1) is 0 Å². The summed E-state index contributed by atoms with van der Waals surface area (Å²) in [6.07, 6.45) is 1.80. The van der Waals surface area contributed by atoms with Gasteiger partial charge in [-0.25, -0.2) is 0 Å². The Morgan fingerprint density at radius 1 is 1.10 bits per heavy atom. The Morgan fingerprint density at radius 2 is 1.76 bits per heavy atom. The highest BCUT2D eigenvalue weighted by molar-refractivity contribution is 6.30. The lowest BCUT2D eigenvalue weighted by Gasteiger charge is -2.06. The number of halogens is 1. The second kappa shape index (κ2) is 10.2. The summed E-state index contributed by atoms with van der Waals surface area (Å²) in [5, 5.41) is 6.16. The van der Waals surface area contributed by atoms with Crippen LogP contribution in [0.5, 0.6) is 0 Å². The zero-order valence-electron chi connectivity index (χ0n) is 12.2. The van der Waals surface area contributed by atoms with Crippen LogP contribution in [0.2, 0.25) is 5.02 Å². The van der Waals surface area contributed by atoms with Gasteiger partial charge in [-0.2, -0.15) is 0 Å². The quantitative estimate of drug-likeness (QED) is 0.685. The summed E-state index contributed by atoms with van der Waals surface area (Å²) in [6, 6.07) is 6.67. The fourth-order valence-electron chi connectivity index (χ4n) is 1.69. The third-order valence-corrected chi connectivity index (χ3v) is 3.07. The van der Waals surface area contributed by atoms with Crippen molar-refractivity contribution < 1.29 is 14.3 Å². The Morgan fingerprint density at radius 3 is 2.43 bits per heavy atom. The van der Waals surface area contributed by atoms with Crippen molar-refractivity contribution in [1.82, 2.24) is 10.6 Å². The lowest BCUT2D eigenvalue weighted by molar-refractivity contribution is -0.121. The molecule has 1 aromatic carbocycles. The molecule has 0 unspecified atom stereocenters. The van der Waals surface area contributed by atoms with E-state index < -0.39 is 0 Å². The SMILES string of the molecule is COCCCNC(=O)CCCNC(=O)c1ccc(Cl)cc1. The normalized spacial score (nSPS) is 10.2. The van der Waals surface area contributed by atoms with Crippen LogP contribution >= 0.6 is 11.6 Å². The van der Waals surface area contributed by atoms with Crippen molar-refractivity contribution in [3.8, 4) is 0 Å². The molecule has 21 heavy (non-hydrogen) atoms. The molecule has 116 valence electrons. The van der Waals surface area contributed by atoms with Crippen molar-refractivity contribution in [2.75, 3.05) is 26.8 Å². The van der Waals surface area contributed by atoms with Crippen LogP contribution in [-0.2, 0) is 9.53 Å². The molecule has 0 atom stereocenters. The predicted octanol–water partition coefficient (Wildman–Crippen LogP) is 2.00. The molecular weight excluding hydrogens is 292 g/mol. The molecule has 0 aliphatic heterocycles. The molecule has 1 aromatic rings. The van der Waals surface area contributed by atoms with Crippen LogP contribution in [0.15, 0.2) is 24.3 Å². The average molecular weight is 313 g/mol. The first-order valence-corrected chi connectivity index (χ1v) is 7.30. The van der Waals surface area contributed by atoms with Gasteiger partial charge in [-0.15, -0.1) is 0 Å². The number of carbonyl (C=O) groups excluding carboxylic acids is 2. The van der Waals surface area contributed by atoms with E-state index in [1.807, 2.05) is 0 Å². The molecule has 0 saturated heterocycles. The van der Waals surface area contributed by atoms with Crippen molar-refractivity contribution in [3.63, 3.8) is 0 Å². The van der Waals surface area contributed by atoms with E-state index in [4.69, 9.17) is 16.3 Å². The van der Waals surface area contributed by atoms with Crippen LogP contribution in [0.3, 0.4) is 0 Å². The largest absolute Gasteiger partial charge is 0.385 e. The van der Waals surface area contributed by atoms with Crippen molar-refractivity contribution >= 4 is 23.4 Å². The van der Waals surface area contributed by atoms with Gasteiger partial charge in [0, 0.05) is 43.8 Å². The molecule has 2 amide bonds. The lowest BCUT2D eigenvalue weighted by atomic mass is 10.2. The molecule has 0 heterocycles. The molecule has 0 aliphatic carbocycles. The maximum Gasteiger partial charge on any atom is 0.251 e. The predicted molar refractivity (Wildman–Crippen MR) is 82.5 cm³/mol. The Labute approximate surface area is 130 Å². The van der Waals surface area contributed by atoms with Gasteiger partial charge in [0.1, 0.15) is 0 Å². The number of rotatable bonds is 9. The Balaban J connectivity index is 2.12. The van der Waals surface area contributed by atoms with E-state index in [1.165, 1.54) is 0 Å². The highest BCUT2D eigenvalue weighted by Crippen LogP contribution is 2.09. The highest BCUT2D eigenvalue weighted by atomic mass is 35.5. The van der Waals surface area contributed by atoms with Gasteiger partial charge in [0.2, 0.25) is 5.91 Å². The number of benzene rings is 1. The number of amides is 2. The van der Waals surface area contributed by atoms with E-state index in [0.29, 0.717) is 43.1 Å². The molecule has 0 saturated carbocycles. The van der Waals surface area contributed by atoms with Crippen LogP contribution in [0.25, 0.3) is 0 Å². The second-order valence-corrected chi connectivity index (χ2v) is 5.00. The Bertz CT molecular complexity index is 449. The monoisotopic (exact) mass is 312 g/mol. The molecule has 0 radical (unpaired) electrons. The highest BCUT2D eigenvalue weighted by Gasteiger charge is 2.05. The molecule has 6 heteroatoms. The minimum absolute atomic E-state index is 0.00755. The number of hydrogen-bond donors (Lipinski definition) is 2. The minimum Gasteiger partial charge on any atom is -0.385 e. The maximum absolute atomic E-state index is 11.8. The fraction of sp³-hybridized carbons (Fsp3) is 0.467. The van der Waals surface area contributed by atoms with Crippen molar-refractivity contribution in [1.29, 1.82) is 0 Å². The van der Waals surface area contributed by atoms with Crippen LogP contribution in [-0.4, -0.2) is 38.6 Å². The molecular formula is C15H21ClN2O3. The van der Waals surface area contributed by atoms with Gasteiger partial charge < -0.3 is 15.4 Å². The summed E-state index contributed by atoms with van der Waals surface area (Å²) in [6.45, 7) is 1.72. The molecule has 2 N–H and O–H groups in total. The van der Waals surface area contributed by atoms with Gasteiger partial charge in [-0.3, -0.25) is 9.59 Å². The summed E-state index contributed by atoms with van der Waals surface area (Å²) in [5.74, 6) is -0.168. The van der Waals surface area contributed by atoms with E-state index in [9.17, 15) is 9.59 Å². The van der Waals surface area contributed by atoms with Crippen LogP contribution in [0, 0.1) is 0 Å². The first-order chi connectivity index (χ1) is 10.1. The van der Waals surface area contributed by atoms with Crippen molar-refractivity contribution in [2.24, 2.45) is 0 Å². The summed E-state index contributed by atoms with van der Waals surface area (Å²) in [7, 11) is 1.63. The van der Waals surface area contributed by atoms with Crippen molar-refractivity contribution in [2.45, 2.75) is 19.3 Å². The Kier molecular flexibility index (Phi) is 8.47. The number of hydrogen-bond acceptors (Lipinski definition) is 3. The van der Waals surface area contributed by atoms with Gasteiger partial charge in [-0.1, -0.05) is 11.6 Å². The first kappa shape index (κ1) is 17.5. The van der Waals surface area contributed by atoms with E-state index >= 15 is 0 Å². The van der Waals surface area contributed by atoms with Gasteiger partial charge >= 0.3 is 0 Å². The maximum atomic E-state index is 11.8. The lowest BCUT2D eigenvalue weighted by Crippen LogP contribution is -2.28. The third-order valence-electron chi connectivity index (χ3n) is 2.82. The van der Waals surface area contributed by atoms with E-state index in [2.05, 4.69) is 10.6 Å². The van der Waals surface area contributed by atoms with Crippen molar-refractivity contribution in [3.05, 3.63) is 34.9 Å². The van der Waals surface area contributed by atoms with Gasteiger partial charge in [-0.05, 0) is 37.1 Å². The molecule has 0 aliphatic rings. The Hall–Kier alpha value is -1.59. The minimum atomic E-state index is -0.160. The standard InChI is InChI=1S/C15H21ClN2O3/c1-21-11-3-10-17-14(19)4-2-9-18-15(20)12-5-7-13(16)8-6-12/h5-8H,2-4,9-11H2,1H3,(H,17,19)(H,18,20). The zero-order valence-corrected chi connectivity index (χ0v) is 12.9. The van der Waals surface area contributed by atoms with E-state index in [0.717, 1.165) is 6.42 Å². The molecule has 5 nitrogen and oxygen atoms in total. The summed E-state index contributed by atoms with van der Waals surface area (Å²) >= 11 is 5.76. The van der Waals surface area contributed by atoms with Crippen LogP contribution in [0.4, 0.5) is 0 Å². The van der Waals surface area contributed by atoms with Crippen LogP contribution < -0.4 is 10.6 Å². The van der Waals surface area contributed by atoms with Gasteiger partial charge in [0.25, 0.3) is 5.91 Å². The summed E-state index contributed by atoms with van der Waals surface area (Å²) in [4.78, 5) is 23.3. The topological polar surface area (TPSA) is 67.4 Å². The molecule has 0 spiro atoms. The van der Waals surface area contributed by atoms with E-state index in [1.54, 1.807) is 31.4 Å². The molecule has 1 rings (SSSR count). The number of methoxy groups -OCH3 is 1. The number of nitrogens with one attached hydrogen (secondary N) is 2. The summed E-state index contributed by atoms with van der Waals surface area (Å²) in [5.41, 5.74) is 0.559. The second-order valence-electron chi connectivity index (χ2n) is 4.56. The molecule has 0 fully saturated rings. The van der Waals surface area contributed by atoms with Gasteiger partial charge in [0.15, 0.2) is 0 Å².